The first-order valence-corrected chi connectivity index (χ1v) is 8.63. The molecule has 0 atom stereocenters. The number of pyridine rings is 1. The summed E-state index contributed by atoms with van der Waals surface area (Å²) in [6, 6.07) is 6.50. The number of rotatable bonds is 4. The summed E-state index contributed by atoms with van der Waals surface area (Å²) in [5.41, 5.74) is 8.35. The second-order valence-electron chi connectivity index (χ2n) is 5.20. The number of aromatic nitrogens is 4. The zero-order valence-corrected chi connectivity index (χ0v) is 13.4. The number of H-pyrrole nitrogens is 1. The van der Waals surface area contributed by atoms with E-state index in [0.29, 0.717) is 22.7 Å². The van der Waals surface area contributed by atoms with E-state index in [1.807, 2.05) is 6.92 Å². The Bertz CT molecular complexity index is 981. The number of nitrogens with zero attached hydrogens (tertiary/aromatic N) is 3. The van der Waals surface area contributed by atoms with Gasteiger partial charge in [-0.15, -0.1) is 5.10 Å². The van der Waals surface area contributed by atoms with Gasteiger partial charge in [0.25, 0.3) is 0 Å². The van der Waals surface area contributed by atoms with Gasteiger partial charge in [0, 0.05) is 12.3 Å². The lowest BCUT2D eigenvalue weighted by molar-refractivity contribution is 0.308. The highest BCUT2D eigenvalue weighted by Gasteiger charge is 2.12. The molecular formula is C14H15N5O3S. The summed E-state index contributed by atoms with van der Waals surface area (Å²) >= 11 is 0. The first-order chi connectivity index (χ1) is 10.8. The molecule has 0 aliphatic carbocycles. The van der Waals surface area contributed by atoms with Crippen LogP contribution >= 0.6 is 0 Å². The van der Waals surface area contributed by atoms with E-state index in [0.717, 1.165) is 11.1 Å². The first-order valence-electron chi connectivity index (χ1n) is 6.74. The highest BCUT2D eigenvalue weighted by molar-refractivity contribution is 7.90. The lowest BCUT2D eigenvalue weighted by atomic mass is 10.1. The van der Waals surface area contributed by atoms with E-state index in [1.165, 1.54) is 6.26 Å². The Balaban J connectivity index is 1.87. The maximum absolute atomic E-state index is 11.6. The molecule has 0 unspecified atom stereocenters. The molecule has 0 amide bonds. The van der Waals surface area contributed by atoms with Crippen LogP contribution in [0.5, 0.6) is 5.75 Å². The van der Waals surface area contributed by atoms with E-state index in [-0.39, 0.29) is 11.5 Å². The molecule has 0 saturated heterocycles. The Morgan fingerprint density at radius 1 is 1.30 bits per heavy atom. The van der Waals surface area contributed by atoms with Gasteiger partial charge in [-0.05, 0) is 30.2 Å². The second kappa shape index (κ2) is 5.51. The van der Waals surface area contributed by atoms with Crippen molar-refractivity contribution >= 4 is 26.8 Å². The molecule has 9 heteroatoms. The SMILES string of the molecule is Cc1cc(S(C)(=O)=O)ccc1COc1cc(N)nc2[nH]nnc12. The number of fused-ring (bicyclic) bond motifs is 1. The van der Waals surface area contributed by atoms with Crippen LogP contribution in [0.4, 0.5) is 5.82 Å². The number of nitrogens with one attached hydrogen (secondary N) is 1. The van der Waals surface area contributed by atoms with Crippen LogP contribution in [0.25, 0.3) is 11.2 Å². The highest BCUT2D eigenvalue weighted by atomic mass is 32.2. The largest absolute Gasteiger partial charge is 0.486 e. The number of anilines is 1. The molecule has 3 rings (SSSR count). The van der Waals surface area contributed by atoms with Crippen molar-refractivity contribution in [1.82, 2.24) is 20.4 Å². The molecule has 0 radical (unpaired) electrons. The fourth-order valence-corrected chi connectivity index (χ4v) is 2.86. The summed E-state index contributed by atoms with van der Waals surface area (Å²) in [4.78, 5) is 4.34. The fourth-order valence-electron chi connectivity index (χ4n) is 2.16. The number of benzene rings is 1. The van der Waals surface area contributed by atoms with Crippen molar-refractivity contribution < 1.29 is 13.2 Å². The van der Waals surface area contributed by atoms with Crippen molar-refractivity contribution in [2.24, 2.45) is 0 Å². The smallest absolute Gasteiger partial charge is 0.181 e. The quantitative estimate of drug-likeness (QED) is 0.735. The lowest BCUT2D eigenvalue weighted by Crippen LogP contribution is -2.03. The number of aryl methyl sites for hydroxylation is 1. The topological polar surface area (TPSA) is 124 Å². The Morgan fingerprint density at radius 2 is 2.09 bits per heavy atom. The summed E-state index contributed by atoms with van der Waals surface area (Å²) in [5.74, 6) is 0.760. The number of nitrogens with two attached hydrogens (primary N) is 1. The number of nitrogen functional groups attached to an aromatic ring is 1. The van der Waals surface area contributed by atoms with Gasteiger partial charge in [0.1, 0.15) is 12.4 Å². The van der Waals surface area contributed by atoms with Crippen molar-refractivity contribution in [1.29, 1.82) is 0 Å². The van der Waals surface area contributed by atoms with Crippen molar-refractivity contribution in [3.05, 3.63) is 35.4 Å². The second-order valence-corrected chi connectivity index (χ2v) is 7.22. The third-order valence-electron chi connectivity index (χ3n) is 3.41. The molecule has 1 aromatic carbocycles. The van der Waals surface area contributed by atoms with Crippen LogP contribution in [-0.2, 0) is 16.4 Å². The number of sulfone groups is 1. The van der Waals surface area contributed by atoms with E-state index < -0.39 is 9.84 Å². The van der Waals surface area contributed by atoms with Crippen molar-refractivity contribution in [3.63, 3.8) is 0 Å². The van der Waals surface area contributed by atoms with E-state index in [9.17, 15) is 8.42 Å². The Morgan fingerprint density at radius 3 is 2.78 bits per heavy atom. The van der Waals surface area contributed by atoms with Gasteiger partial charge in [0.05, 0.1) is 4.90 Å². The average molecular weight is 333 g/mol. The summed E-state index contributed by atoms with van der Waals surface area (Å²) in [5, 5.41) is 10.2. The third-order valence-corrected chi connectivity index (χ3v) is 4.52. The van der Waals surface area contributed by atoms with Gasteiger partial charge < -0.3 is 10.5 Å². The lowest BCUT2D eigenvalue weighted by Gasteiger charge is -2.10. The number of hydrogen-bond acceptors (Lipinski definition) is 7. The molecule has 3 N–H and O–H groups in total. The monoisotopic (exact) mass is 333 g/mol. The van der Waals surface area contributed by atoms with E-state index in [2.05, 4.69) is 20.4 Å². The predicted octanol–water partition coefficient (Wildman–Crippen LogP) is 1.23. The molecule has 23 heavy (non-hydrogen) atoms. The van der Waals surface area contributed by atoms with Crippen molar-refractivity contribution in [3.8, 4) is 5.75 Å². The summed E-state index contributed by atoms with van der Waals surface area (Å²) in [6.45, 7) is 2.08. The molecule has 2 aromatic heterocycles. The van der Waals surface area contributed by atoms with Crippen molar-refractivity contribution in [2.45, 2.75) is 18.4 Å². The van der Waals surface area contributed by atoms with Crippen LogP contribution in [0, 0.1) is 6.92 Å². The van der Waals surface area contributed by atoms with Crippen LogP contribution in [0.15, 0.2) is 29.2 Å². The molecule has 0 fully saturated rings. The predicted molar refractivity (Wildman–Crippen MR) is 84.7 cm³/mol. The average Bonchev–Trinajstić information content (AvgIpc) is 2.92. The molecular weight excluding hydrogens is 318 g/mol. The fraction of sp³-hybridized carbons (Fsp3) is 0.214. The van der Waals surface area contributed by atoms with E-state index in [4.69, 9.17) is 10.5 Å². The number of hydrogen-bond donors (Lipinski definition) is 2. The van der Waals surface area contributed by atoms with E-state index in [1.54, 1.807) is 24.3 Å². The zero-order valence-electron chi connectivity index (χ0n) is 12.6. The maximum atomic E-state index is 11.6. The molecule has 2 heterocycles. The van der Waals surface area contributed by atoms with Gasteiger partial charge in [-0.3, -0.25) is 0 Å². The summed E-state index contributed by atoms with van der Waals surface area (Å²) in [7, 11) is -3.22. The third kappa shape index (κ3) is 3.09. The molecule has 0 aliphatic rings. The van der Waals surface area contributed by atoms with Crippen molar-refractivity contribution in [2.75, 3.05) is 12.0 Å². The van der Waals surface area contributed by atoms with Gasteiger partial charge in [0.15, 0.2) is 26.8 Å². The number of ether oxygens (including phenoxy) is 1. The molecule has 0 saturated carbocycles. The minimum absolute atomic E-state index is 0.251. The van der Waals surface area contributed by atoms with Gasteiger partial charge >= 0.3 is 0 Å². The van der Waals surface area contributed by atoms with Gasteiger partial charge in [-0.25, -0.2) is 18.5 Å². The van der Waals surface area contributed by atoms with Crippen LogP contribution in [0.3, 0.4) is 0 Å². The molecule has 0 aliphatic heterocycles. The normalized spacial score (nSPS) is 11.7. The minimum atomic E-state index is -3.22. The van der Waals surface area contributed by atoms with Crippen LogP contribution in [0.2, 0.25) is 0 Å². The minimum Gasteiger partial charge on any atom is -0.486 e. The van der Waals surface area contributed by atoms with Gasteiger partial charge in [0.2, 0.25) is 0 Å². The maximum Gasteiger partial charge on any atom is 0.181 e. The zero-order chi connectivity index (χ0) is 16.6. The van der Waals surface area contributed by atoms with Gasteiger partial charge in [-0.2, -0.15) is 0 Å². The highest BCUT2D eigenvalue weighted by Crippen LogP contribution is 2.25. The number of aromatic amines is 1. The van der Waals surface area contributed by atoms with Crippen LogP contribution in [0.1, 0.15) is 11.1 Å². The van der Waals surface area contributed by atoms with E-state index >= 15 is 0 Å². The summed E-state index contributed by atoms with van der Waals surface area (Å²) in [6.07, 6.45) is 1.18. The Kier molecular flexibility index (Phi) is 3.64. The molecule has 120 valence electrons. The molecule has 0 spiro atoms. The van der Waals surface area contributed by atoms with Gasteiger partial charge in [-0.1, -0.05) is 11.3 Å². The molecule has 3 aromatic rings. The molecule has 8 nitrogen and oxygen atoms in total. The first kappa shape index (κ1) is 15.2. The van der Waals surface area contributed by atoms with Crippen LogP contribution < -0.4 is 10.5 Å². The molecule has 0 bridgehead atoms. The standard InChI is InChI=1S/C14H15N5O3S/c1-8-5-10(23(2,20)21)4-3-9(8)7-22-11-6-12(15)16-14-13(11)17-19-18-14/h3-6H,7H2,1-2H3,(H3,15,16,17,18,19). The summed E-state index contributed by atoms with van der Waals surface area (Å²) < 4.78 is 28.9. The Hall–Kier alpha value is -2.68. The Labute approximate surface area is 132 Å². The van der Waals surface area contributed by atoms with Crippen LogP contribution in [-0.4, -0.2) is 35.1 Å².